The van der Waals surface area contributed by atoms with E-state index in [-0.39, 0.29) is 45.3 Å². The minimum absolute atomic E-state index is 0.0520. The number of rotatable bonds is 18. The number of benzene rings is 4. The summed E-state index contributed by atoms with van der Waals surface area (Å²) in [6, 6.07) is 35.4. The largest absolute Gasteiger partial charge is 0.508 e. The molecule has 16 nitrogen and oxygen atoms in total. The third kappa shape index (κ3) is 11.8. The Kier molecular flexibility index (Phi) is 14.9. The SMILES string of the molecule is CC(COC(=O)OC[C@H]1OC(OC[C@H]2O[C@@H]3OC(C)(C)O[C@@H]3[C@H]3OC(C)(C)O[C@H]32)[C@H](OCc2ccccc2)[C@@H](OCc2ccccc2)[C@@H]1OCc1ccccc1)c1ccccc1[N+](=O)[O-]. The predicted octanol–water partition coefficient (Wildman–Crippen LogP) is 7.75. The van der Waals surface area contributed by atoms with Crippen molar-refractivity contribution in [3.63, 3.8) is 0 Å². The number of nitrogens with zero attached hydrogens (tertiary/aromatic N) is 1. The highest BCUT2D eigenvalue weighted by atomic mass is 16.9. The van der Waals surface area contributed by atoms with Crippen LogP contribution in [0.15, 0.2) is 115 Å². The maximum absolute atomic E-state index is 13.3. The highest BCUT2D eigenvalue weighted by molar-refractivity contribution is 5.60. The molecular formula is C49H57NO15. The Bertz CT molecular complexity index is 2160. The molecule has 2 unspecified atom stereocenters. The van der Waals surface area contributed by atoms with Gasteiger partial charge in [0.25, 0.3) is 5.69 Å². The average Bonchev–Trinajstić information content (AvgIpc) is 3.81. The van der Waals surface area contributed by atoms with Crippen LogP contribution in [-0.2, 0) is 76.7 Å². The lowest BCUT2D eigenvalue weighted by molar-refractivity contribution is -0.385. The van der Waals surface area contributed by atoms with Crippen LogP contribution in [0.5, 0.6) is 0 Å². The lowest BCUT2D eigenvalue weighted by atomic mass is 9.97. The van der Waals surface area contributed by atoms with E-state index in [9.17, 15) is 14.9 Å². The summed E-state index contributed by atoms with van der Waals surface area (Å²) in [5, 5.41) is 11.7. The fraction of sp³-hybridized carbons (Fsp3) is 0.490. The Morgan fingerprint density at radius 3 is 1.74 bits per heavy atom. The van der Waals surface area contributed by atoms with Crippen LogP contribution in [0, 0.1) is 10.1 Å². The van der Waals surface area contributed by atoms with Gasteiger partial charge in [0.05, 0.1) is 31.4 Å². The van der Waals surface area contributed by atoms with Crippen molar-refractivity contribution < 1.29 is 66.6 Å². The zero-order chi connectivity index (χ0) is 45.6. The molecule has 0 radical (unpaired) electrons. The van der Waals surface area contributed by atoms with E-state index in [1.165, 1.54) is 6.07 Å². The van der Waals surface area contributed by atoms with Gasteiger partial charge in [0.1, 0.15) is 62.0 Å². The van der Waals surface area contributed by atoms with Crippen molar-refractivity contribution in [1.82, 2.24) is 0 Å². The monoisotopic (exact) mass is 899 g/mol. The lowest BCUT2D eigenvalue weighted by Gasteiger charge is -2.46. The topological polar surface area (TPSA) is 171 Å². The number of hydrogen-bond donors (Lipinski definition) is 0. The molecular weight excluding hydrogens is 843 g/mol. The maximum atomic E-state index is 13.3. The number of nitro groups is 1. The molecule has 4 aromatic carbocycles. The molecule has 348 valence electrons. The molecule has 16 heteroatoms. The van der Waals surface area contributed by atoms with Gasteiger partial charge in [-0.05, 0) is 44.4 Å². The van der Waals surface area contributed by atoms with Crippen molar-refractivity contribution in [3.05, 3.63) is 148 Å². The van der Waals surface area contributed by atoms with E-state index in [1.807, 2.05) is 119 Å². The molecule has 0 spiro atoms. The Balaban J connectivity index is 1.07. The van der Waals surface area contributed by atoms with Crippen LogP contribution in [0.25, 0.3) is 0 Å². The fourth-order valence-electron chi connectivity index (χ4n) is 8.58. The number of para-hydroxylation sites is 1. The first-order chi connectivity index (χ1) is 31.3. The summed E-state index contributed by atoms with van der Waals surface area (Å²) in [7, 11) is 0. The van der Waals surface area contributed by atoms with Crippen molar-refractivity contribution in [3.8, 4) is 0 Å². The standard InChI is InChI=1S/C49H57NO15/c1-31(35-23-15-16-24-36(35)50(52)53)25-58-47(51)59-30-37-39(54-26-32-17-9-6-10-18-32)41(55-27-33-19-11-7-12-20-33)43(56-28-34-21-13-8-14-22-34)45(60-37)57-29-38-40-42(63-48(2,3)62-40)44-46(61-38)65-49(4,5)64-44/h6-24,31,37-46H,25-30H2,1-5H3/t31?,37-,38-,39-,40+,41+,42+,43-,44-,45?,46-/m1/s1. The smallest absolute Gasteiger partial charge is 0.434 e. The second-order valence-corrected chi connectivity index (χ2v) is 17.5. The Hall–Kier alpha value is -4.85. The van der Waals surface area contributed by atoms with Crippen LogP contribution in [-0.4, -0.2) is 104 Å². The molecule has 0 amide bonds. The molecule has 0 bridgehead atoms. The van der Waals surface area contributed by atoms with Gasteiger partial charge in [-0.1, -0.05) is 116 Å². The fourth-order valence-corrected chi connectivity index (χ4v) is 8.58. The number of carbonyl (C=O) groups excluding carboxylic acids is 1. The molecule has 0 aliphatic carbocycles. The van der Waals surface area contributed by atoms with Gasteiger partial charge in [-0.3, -0.25) is 10.1 Å². The second kappa shape index (κ2) is 20.8. The molecule has 0 N–H and O–H groups in total. The van der Waals surface area contributed by atoms with Crippen LogP contribution < -0.4 is 0 Å². The zero-order valence-corrected chi connectivity index (χ0v) is 37.1. The van der Waals surface area contributed by atoms with Crippen molar-refractivity contribution in [2.75, 3.05) is 19.8 Å². The van der Waals surface area contributed by atoms with E-state index in [4.69, 9.17) is 56.8 Å². The van der Waals surface area contributed by atoms with Gasteiger partial charge in [-0.25, -0.2) is 4.79 Å². The third-order valence-corrected chi connectivity index (χ3v) is 11.6. The summed E-state index contributed by atoms with van der Waals surface area (Å²) in [4.78, 5) is 24.6. The third-order valence-electron chi connectivity index (χ3n) is 11.6. The molecule has 4 saturated heterocycles. The molecule has 4 aromatic rings. The molecule has 4 heterocycles. The summed E-state index contributed by atoms with van der Waals surface area (Å²) >= 11 is 0. The number of nitro benzene ring substituents is 1. The predicted molar refractivity (Wildman–Crippen MR) is 231 cm³/mol. The van der Waals surface area contributed by atoms with Gasteiger partial charge in [0, 0.05) is 17.5 Å². The molecule has 8 rings (SSSR count). The van der Waals surface area contributed by atoms with E-state index in [0.29, 0.717) is 5.56 Å². The molecule has 65 heavy (non-hydrogen) atoms. The first kappa shape index (κ1) is 46.7. The molecule has 0 aromatic heterocycles. The Labute approximate surface area is 378 Å². The van der Waals surface area contributed by atoms with E-state index >= 15 is 0 Å². The molecule has 4 aliphatic rings. The van der Waals surface area contributed by atoms with Crippen molar-refractivity contribution in [2.45, 2.75) is 133 Å². The van der Waals surface area contributed by atoms with E-state index < -0.39 is 90.0 Å². The summed E-state index contributed by atoms with van der Waals surface area (Å²) in [5.41, 5.74) is 3.06. The van der Waals surface area contributed by atoms with Gasteiger partial charge in [0.2, 0.25) is 0 Å². The lowest BCUT2D eigenvalue weighted by Crippen LogP contribution is -2.62. The van der Waals surface area contributed by atoms with Gasteiger partial charge >= 0.3 is 6.16 Å². The van der Waals surface area contributed by atoms with Gasteiger partial charge < -0.3 is 56.8 Å². The first-order valence-corrected chi connectivity index (χ1v) is 22.0. The normalized spacial score (nSPS) is 29.3. The first-order valence-electron chi connectivity index (χ1n) is 22.0. The van der Waals surface area contributed by atoms with Gasteiger partial charge in [-0.2, -0.15) is 0 Å². The van der Waals surface area contributed by atoms with Crippen LogP contribution in [0.1, 0.15) is 62.8 Å². The van der Waals surface area contributed by atoms with Gasteiger partial charge in [0.15, 0.2) is 24.2 Å². The molecule has 4 aliphatic heterocycles. The second-order valence-electron chi connectivity index (χ2n) is 17.5. The van der Waals surface area contributed by atoms with E-state index in [1.54, 1.807) is 25.1 Å². The van der Waals surface area contributed by atoms with Crippen LogP contribution in [0.2, 0.25) is 0 Å². The minimum atomic E-state index is -1.13. The maximum Gasteiger partial charge on any atom is 0.508 e. The highest BCUT2D eigenvalue weighted by Gasteiger charge is 2.61. The minimum Gasteiger partial charge on any atom is -0.434 e. The zero-order valence-electron chi connectivity index (χ0n) is 37.1. The van der Waals surface area contributed by atoms with Crippen LogP contribution >= 0.6 is 0 Å². The Morgan fingerprint density at radius 1 is 0.600 bits per heavy atom. The van der Waals surface area contributed by atoms with E-state index in [0.717, 1.165) is 16.7 Å². The number of ether oxygens (including phenoxy) is 12. The Morgan fingerprint density at radius 2 is 1.12 bits per heavy atom. The number of fused-ring (bicyclic) bond motifs is 3. The van der Waals surface area contributed by atoms with Gasteiger partial charge in [-0.15, -0.1) is 0 Å². The number of carbonyl (C=O) groups is 1. The highest BCUT2D eigenvalue weighted by Crippen LogP contribution is 2.44. The quantitative estimate of drug-likeness (QED) is 0.0539. The van der Waals surface area contributed by atoms with Crippen molar-refractivity contribution in [1.29, 1.82) is 0 Å². The molecule has 11 atom stereocenters. The van der Waals surface area contributed by atoms with Crippen molar-refractivity contribution >= 4 is 11.8 Å². The summed E-state index contributed by atoms with van der Waals surface area (Å²) in [5.74, 6) is -2.36. The van der Waals surface area contributed by atoms with Crippen LogP contribution in [0.4, 0.5) is 10.5 Å². The summed E-state index contributed by atoms with van der Waals surface area (Å²) < 4.78 is 76.7. The average molecular weight is 900 g/mol. The van der Waals surface area contributed by atoms with E-state index in [2.05, 4.69) is 0 Å². The summed E-state index contributed by atoms with van der Waals surface area (Å²) in [6.07, 6.45) is -8.84. The number of hydrogen-bond acceptors (Lipinski definition) is 15. The van der Waals surface area contributed by atoms with Crippen LogP contribution in [0.3, 0.4) is 0 Å². The summed E-state index contributed by atoms with van der Waals surface area (Å²) in [6.45, 7) is 9.00. The molecule has 4 fully saturated rings. The van der Waals surface area contributed by atoms with Crippen molar-refractivity contribution in [2.24, 2.45) is 0 Å². The molecule has 0 saturated carbocycles.